The average molecular weight is 392 g/mol. The maximum absolute atomic E-state index is 5.98. The molecule has 2 aromatic heterocycles. The largest absolute Gasteiger partial charge is 0.474 e. The van der Waals surface area contributed by atoms with Gasteiger partial charge in [-0.15, -0.1) is 0 Å². The Morgan fingerprint density at radius 2 is 1.93 bits per heavy atom. The minimum Gasteiger partial charge on any atom is -0.474 e. The Balaban J connectivity index is 1.20. The van der Waals surface area contributed by atoms with Crippen LogP contribution in [-0.4, -0.2) is 44.8 Å². The van der Waals surface area contributed by atoms with E-state index in [-0.39, 0.29) is 0 Å². The van der Waals surface area contributed by atoms with Gasteiger partial charge in [0, 0.05) is 56.6 Å². The summed E-state index contributed by atoms with van der Waals surface area (Å²) in [6.45, 7) is 3.71. The fourth-order valence-corrected chi connectivity index (χ4v) is 4.54. The smallest absolute Gasteiger partial charge is 0.213 e. The van der Waals surface area contributed by atoms with Crippen LogP contribution in [0, 0.1) is 0 Å². The van der Waals surface area contributed by atoms with Crippen LogP contribution in [0.3, 0.4) is 0 Å². The van der Waals surface area contributed by atoms with Crippen LogP contribution in [0.1, 0.15) is 67.6 Å². The van der Waals surface area contributed by atoms with E-state index in [1.807, 2.05) is 18.5 Å². The molecule has 0 unspecified atom stereocenters. The number of hydrogen-bond acceptors (Lipinski definition) is 6. The summed E-state index contributed by atoms with van der Waals surface area (Å²) in [5.74, 6) is 1.61. The lowest BCUT2D eigenvalue weighted by molar-refractivity contribution is 0.201. The van der Waals surface area contributed by atoms with E-state index in [0.29, 0.717) is 6.10 Å². The highest BCUT2D eigenvalue weighted by Gasteiger charge is 2.21. The van der Waals surface area contributed by atoms with Crippen molar-refractivity contribution < 1.29 is 4.74 Å². The molecule has 29 heavy (non-hydrogen) atoms. The minimum absolute atomic E-state index is 0.358. The second-order valence-corrected chi connectivity index (χ2v) is 8.44. The first-order valence-corrected chi connectivity index (χ1v) is 11.1. The van der Waals surface area contributed by atoms with Crippen molar-refractivity contribution in [1.29, 1.82) is 0 Å². The van der Waals surface area contributed by atoms with E-state index >= 15 is 0 Å². The SMILES string of the molecule is c1cc(OC2CCCC2)ncc1CN1CCc2nc(C3=NCCCC3)ncc2C1. The second-order valence-electron chi connectivity index (χ2n) is 8.44. The quantitative estimate of drug-likeness (QED) is 0.777. The van der Waals surface area contributed by atoms with Crippen LogP contribution in [0.25, 0.3) is 0 Å². The molecule has 152 valence electrons. The Hall–Kier alpha value is -2.34. The molecule has 1 aliphatic carbocycles. The number of hydrogen-bond donors (Lipinski definition) is 0. The number of pyridine rings is 1. The van der Waals surface area contributed by atoms with Crippen LogP contribution < -0.4 is 4.74 Å². The second kappa shape index (κ2) is 8.57. The van der Waals surface area contributed by atoms with Gasteiger partial charge in [-0.2, -0.15) is 0 Å². The number of rotatable bonds is 5. The molecule has 4 heterocycles. The zero-order valence-corrected chi connectivity index (χ0v) is 17.0. The molecule has 0 radical (unpaired) electrons. The molecule has 2 aliphatic heterocycles. The van der Waals surface area contributed by atoms with Gasteiger partial charge in [0.25, 0.3) is 0 Å². The van der Waals surface area contributed by atoms with E-state index in [4.69, 9.17) is 9.72 Å². The number of fused-ring (bicyclic) bond motifs is 1. The van der Waals surface area contributed by atoms with Crippen LogP contribution in [0.4, 0.5) is 0 Å². The van der Waals surface area contributed by atoms with Gasteiger partial charge in [0.2, 0.25) is 5.88 Å². The molecular weight excluding hydrogens is 362 g/mol. The van der Waals surface area contributed by atoms with Crippen molar-refractivity contribution >= 4 is 5.71 Å². The zero-order valence-electron chi connectivity index (χ0n) is 17.0. The minimum atomic E-state index is 0.358. The summed E-state index contributed by atoms with van der Waals surface area (Å²) in [4.78, 5) is 21.1. The van der Waals surface area contributed by atoms with Crippen LogP contribution >= 0.6 is 0 Å². The third-order valence-electron chi connectivity index (χ3n) is 6.19. The van der Waals surface area contributed by atoms with Crippen molar-refractivity contribution in [3.05, 3.63) is 47.2 Å². The summed E-state index contributed by atoms with van der Waals surface area (Å²) >= 11 is 0. The van der Waals surface area contributed by atoms with Gasteiger partial charge in [0.05, 0.1) is 11.4 Å². The van der Waals surface area contributed by atoms with Crippen LogP contribution in [0.2, 0.25) is 0 Å². The fourth-order valence-electron chi connectivity index (χ4n) is 4.54. The molecule has 1 fully saturated rings. The standard InChI is InChI=1S/C23H29N5O/c1-2-6-19(5-1)29-22-9-8-17(13-25-22)15-28-12-10-20-18(16-28)14-26-23(27-20)21-7-3-4-11-24-21/h8-9,13-14,19H,1-7,10-12,15-16H2. The van der Waals surface area contributed by atoms with E-state index < -0.39 is 0 Å². The monoisotopic (exact) mass is 391 g/mol. The Bertz CT molecular complexity index is 873. The maximum Gasteiger partial charge on any atom is 0.213 e. The Labute approximate surface area is 172 Å². The van der Waals surface area contributed by atoms with E-state index in [0.717, 1.165) is 69.3 Å². The lowest BCUT2D eigenvalue weighted by Crippen LogP contribution is -2.31. The van der Waals surface area contributed by atoms with Crippen molar-refractivity contribution in [2.45, 2.75) is 70.6 Å². The van der Waals surface area contributed by atoms with Gasteiger partial charge >= 0.3 is 0 Å². The van der Waals surface area contributed by atoms with Gasteiger partial charge < -0.3 is 4.74 Å². The Kier molecular flexibility index (Phi) is 5.52. The molecule has 2 aromatic rings. The van der Waals surface area contributed by atoms with Gasteiger partial charge in [-0.1, -0.05) is 6.07 Å². The van der Waals surface area contributed by atoms with Crippen molar-refractivity contribution in [1.82, 2.24) is 19.9 Å². The zero-order chi connectivity index (χ0) is 19.5. The van der Waals surface area contributed by atoms with Crippen LogP contribution in [0.5, 0.6) is 5.88 Å². The molecule has 1 saturated carbocycles. The number of aromatic nitrogens is 3. The van der Waals surface area contributed by atoms with Gasteiger partial charge in [-0.25, -0.2) is 15.0 Å². The molecule has 0 atom stereocenters. The summed E-state index contributed by atoms with van der Waals surface area (Å²) in [5, 5.41) is 0. The molecule has 0 N–H and O–H groups in total. The van der Waals surface area contributed by atoms with Crippen LogP contribution in [0.15, 0.2) is 29.5 Å². The predicted octanol–water partition coefficient (Wildman–Crippen LogP) is 3.72. The average Bonchev–Trinajstić information content (AvgIpc) is 3.28. The first-order chi connectivity index (χ1) is 14.3. The molecule has 5 rings (SSSR count). The first-order valence-electron chi connectivity index (χ1n) is 11.1. The summed E-state index contributed by atoms with van der Waals surface area (Å²) in [6, 6.07) is 4.17. The predicted molar refractivity (Wildman–Crippen MR) is 112 cm³/mol. The molecule has 0 saturated heterocycles. The number of aliphatic imine (C=N–C) groups is 1. The van der Waals surface area contributed by atoms with Crippen LogP contribution in [-0.2, 0) is 19.5 Å². The van der Waals surface area contributed by atoms with Gasteiger partial charge in [-0.3, -0.25) is 9.89 Å². The highest BCUT2D eigenvalue weighted by atomic mass is 16.5. The highest BCUT2D eigenvalue weighted by molar-refractivity contribution is 5.97. The number of ether oxygens (including phenoxy) is 1. The van der Waals surface area contributed by atoms with Gasteiger partial charge in [0.1, 0.15) is 6.10 Å². The topological polar surface area (TPSA) is 63.5 Å². The molecular formula is C23H29N5O. The van der Waals surface area contributed by atoms with Crippen molar-refractivity contribution in [3.8, 4) is 5.88 Å². The summed E-state index contributed by atoms with van der Waals surface area (Å²) in [7, 11) is 0. The van der Waals surface area contributed by atoms with E-state index in [1.54, 1.807) is 0 Å². The normalized spacial score (nSPS) is 20.3. The van der Waals surface area contributed by atoms with Gasteiger partial charge in [-0.05, 0) is 50.5 Å². The molecule has 0 bridgehead atoms. The summed E-state index contributed by atoms with van der Waals surface area (Å²) in [5.41, 5.74) is 4.75. The molecule has 3 aliphatic rings. The number of nitrogens with zero attached hydrogens (tertiary/aromatic N) is 5. The lowest BCUT2D eigenvalue weighted by Gasteiger charge is -2.28. The highest BCUT2D eigenvalue weighted by Crippen LogP contribution is 2.24. The lowest BCUT2D eigenvalue weighted by atomic mass is 10.0. The molecule has 0 amide bonds. The maximum atomic E-state index is 5.98. The summed E-state index contributed by atoms with van der Waals surface area (Å²) in [6.07, 6.45) is 13.6. The van der Waals surface area contributed by atoms with E-state index in [1.165, 1.54) is 42.5 Å². The Morgan fingerprint density at radius 1 is 1.00 bits per heavy atom. The van der Waals surface area contributed by atoms with Crippen molar-refractivity contribution in [2.75, 3.05) is 13.1 Å². The van der Waals surface area contributed by atoms with E-state index in [9.17, 15) is 0 Å². The molecule has 6 nitrogen and oxygen atoms in total. The molecule has 6 heteroatoms. The van der Waals surface area contributed by atoms with Crippen molar-refractivity contribution in [2.24, 2.45) is 4.99 Å². The van der Waals surface area contributed by atoms with Crippen molar-refractivity contribution in [3.63, 3.8) is 0 Å². The first kappa shape index (κ1) is 18.7. The fraction of sp³-hybridized carbons (Fsp3) is 0.565. The third-order valence-corrected chi connectivity index (χ3v) is 6.19. The van der Waals surface area contributed by atoms with Gasteiger partial charge in [0.15, 0.2) is 5.82 Å². The third kappa shape index (κ3) is 4.47. The molecule has 0 aromatic carbocycles. The summed E-state index contributed by atoms with van der Waals surface area (Å²) < 4.78 is 5.98. The molecule has 0 spiro atoms. The van der Waals surface area contributed by atoms with E-state index in [2.05, 4.69) is 25.9 Å². The Morgan fingerprint density at radius 3 is 2.72 bits per heavy atom.